The molecule has 1 amide bonds. The van der Waals surface area contributed by atoms with E-state index in [0.29, 0.717) is 36.5 Å². The number of ether oxygens (including phenoxy) is 1. The molecule has 1 aliphatic heterocycles. The van der Waals surface area contributed by atoms with Crippen LogP contribution in [-0.4, -0.2) is 57.4 Å². The van der Waals surface area contributed by atoms with E-state index in [-0.39, 0.29) is 33.4 Å². The highest BCUT2D eigenvalue weighted by atomic mass is 32.1. The molecule has 3 aromatic heterocycles. The highest BCUT2D eigenvalue weighted by Gasteiger charge is 2.30. The van der Waals surface area contributed by atoms with Crippen LogP contribution in [0.3, 0.4) is 0 Å². The third-order valence-corrected chi connectivity index (χ3v) is 8.15. The number of aromatic hydroxyl groups is 1. The number of carbonyl (C=O) groups excluding carboxylic acids is 2. The molecule has 10 heteroatoms. The Kier molecular flexibility index (Phi) is 5.57. The Bertz CT molecular complexity index is 1650. The van der Waals surface area contributed by atoms with Gasteiger partial charge in [0.25, 0.3) is 5.91 Å². The predicted octanol–water partition coefficient (Wildman–Crippen LogP) is 2.61. The highest BCUT2D eigenvalue weighted by molar-refractivity contribution is 7.18. The summed E-state index contributed by atoms with van der Waals surface area (Å²) >= 11 is 1.52. The van der Waals surface area contributed by atoms with Gasteiger partial charge in [0, 0.05) is 29.6 Å². The van der Waals surface area contributed by atoms with Crippen LogP contribution in [0.1, 0.15) is 44.0 Å². The Morgan fingerprint density at radius 3 is 2.61 bits per heavy atom. The Hall–Kier alpha value is -3.63. The van der Waals surface area contributed by atoms with Crippen molar-refractivity contribution in [1.29, 1.82) is 5.41 Å². The number of fused-ring (bicyclic) bond motifs is 5. The zero-order chi connectivity index (χ0) is 25.0. The number of rotatable bonds is 3. The first-order valence-corrected chi connectivity index (χ1v) is 12.7. The summed E-state index contributed by atoms with van der Waals surface area (Å²) in [6, 6.07) is 5.15. The second kappa shape index (κ2) is 8.79. The number of amides is 1. The van der Waals surface area contributed by atoms with Crippen molar-refractivity contribution < 1.29 is 23.8 Å². The van der Waals surface area contributed by atoms with Gasteiger partial charge in [-0.3, -0.25) is 19.4 Å². The SMILES string of the molecule is N=c1nc2c(C(=O)N3CCOCC3)c(O)c(=CC(=O)c3ccc(F)cc3)n2c2sc3c(c12)CCCC3. The quantitative estimate of drug-likeness (QED) is 0.416. The molecule has 8 nitrogen and oxygen atoms in total. The van der Waals surface area contributed by atoms with E-state index in [1.807, 2.05) is 0 Å². The number of Topliss-reactive ketones (excluding diaryl/α,β-unsaturated/α-hetero) is 1. The van der Waals surface area contributed by atoms with Crippen LogP contribution < -0.4 is 10.8 Å². The van der Waals surface area contributed by atoms with Gasteiger partial charge in [0.2, 0.25) is 0 Å². The molecule has 184 valence electrons. The predicted molar refractivity (Wildman–Crippen MR) is 132 cm³/mol. The van der Waals surface area contributed by atoms with E-state index < -0.39 is 17.5 Å². The van der Waals surface area contributed by atoms with E-state index >= 15 is 0 Å². The topological polar surface area (TPSA) is 108 Å². The van der Waals surface area contributed by atoms with Gasteiger partial charge in [-0.25, -0.2) is 9.37 Å². The number of hydrogen-bond donors (Lipinski definition) is 2. The van der Waals surface area contributed by atoms with Gasteiger partial charge < -0.3 is 14.7 Å². The van der Waals surface area contributed by atoms with Crippen LogP contribution in [0.4, 0.5) is 4.39 Å². The van der Waals surface area contributed by atoms with Crippen LogP contribution in [0, 0.1) is 11.2 Å². The lowest BCUT2D eigenvalue weighted by molar-refractivity contribution is 0.0302. The summed E-state index contributed by atoms with van der Waals surface area (Å²) in [7, 11) is 0. The number of benzene rings is 1. The number of carbonyl (C=O) groups is 2. The van der Waals surface area contributed by atoms with Crippen molar-refractivity contribution in [3.63, 3.8) is 0 Å². The summed E-state index contributed by atoms with van der Waals surface area (Å²) in [5.74, 6) is -1.68. The van der Waals surface area contributed by atoms with Crippen molar-refractivity contribution in [3.8, 4) is 5.75 Å². The number of halogens is 1. The fourth-order valence-electron chi connectivity index (χ4n) is 5.07. The lowest BCUT2D eigenvalue weighted by Crippen LogP contribution is -2.40. The molecule has 6 rings (SSSR count). The Balaban J connectivity index is 1.65. The van der Waals surface area contributed by atoms with Crippen LogP contribution in [0.15, 0.2) is 24.3 Å². The third kappa shape index (κ3) is 3.59. The van der Waals surface area contributed by atoms with Gasteiger partial charge in [-0.2, -0.15) is 0 Å². The molecule has 2 N–H and O–H groups in total. The van der Waals surface area contributed by atoms with Gasteiger partial charge in [0.15, 0.2) is 22.7 Å². The van der Waals surface area contributed by atoms with E-state index in [1.165, 1.54) is 46.6 Å². The lowest BCUT2D eigenvalue weighted by atomic mass is 9.97. The molecule has 0 saturated carbocycles. The molecule has 2 aliphatic rings. The molecule has 1 saturated heterocycles. The smallest absolute Gasteiger partial charge is 0.261 e. The fourth-order valence-corrected chi connectivity index (χ4v) is 6.47. The minimum atomic E-state index is -0.459. The summed E-state index contributed by atoms with van der Waals surface area (Å²) in [5, 5.41) is 20.9. The molecule has 0 bridgehead atoms. The summed E-state index contributed by atoms with van der Waals surface area (Å²) in [6.45, 7) is 1.51. The molecule has 1 fully saturated rings. The van der Waals surface area contributed by atoms with E-state index in [9.17, 15) is 19.1 Å². The van der Waals surface area contributed by atoms with Crippen molar-refractivity contribution in [3.05, 3.63) is 62.5 Å². The van der Waals surface area contributed by atoms with Crippen LogP contribution in [0.5, 0.6) is 5.75 Å². The average Bonchev–Trinajstić information content (AvgIpc) is 3.40. The van der Waals surface area contributed by atoms with Crippen LogP contribution in [0.2, 0.25) is 0 Å². The van der Waals surface area contributed by atoms with Gasteiger partial charge in [0.1, 0.15) is 16.2 Å². The van der Waals surface area contributed by atoms with Crippen molar-refractivity contribution in [1.82, 2.24) is 14.3 Å². The standard InChI is InChI=1S/C26H23FN4O4S/c27-15-7-5-14(6-8-15)18(32)13-17-22(33)21(25(34)30-9-11-35-12-10-30)24-29-23(28)20-16-3-1-2-4-19(16)36-26(20)31(17)24/h5-8,13,28,33H,1-4,9-12H2. The molecule has 1 aromatic carbocycles. The largest absolute Gasteiger partial charge is 0.505 e. The maximum Gasteiger partial charge on any atom is 0.261 e. The van der Waals surface area contributed by atoms with Crippen molar-refractivity contribution in [2.24, 2.45) is 0 Å². The first-order chi connectivity index (χ1) is 17.4. The summed E-state index contributed by atoms with van der Waals surface area (Å²) in [6.07, 6.45) is 5.08. The summed E-state index contributed by atoms with van der Waals surface area (Å²) in [5.41, 5.74) is 1.52. The second-order valence-electron chi connectivity index (χ2n) is 9.04. The Morgan fingerprint density at radius 1 is 1.14 bits per heavy atom. The van der Waals surface area contributed by atoms with Crippen LogP contribution in [-0.2, 0) is 17.6 Å². The number of nitrogens with one attached hydrogen (secondary N) is 1. The average molecular weight is 507 g/mol. The number of morpholine rings is 1. The normalized spacial score (nSPS) is 16.6. The third-order valence-electron chi connectivity index (χ3n) is 6.87. The maximum absolute atomic E-state index is 13.5. The van der Waals surface area contributed by atoms with Gasteiger partial charge in [-0.1, -0.05) is 0 Å². The molecule has 0 unspecified atom stereocenters. The number of nitrogens with zero attached hydrogens (tertiary/aromatic N) is 3. The molecule has 0 atom stereocenters. The van der Waals surface area contributed by atoms with Gasteiger partial charge in [0.05, 0.1) is 23.9 Å². The number of aryl methyl sites for hydroxylation is 2. The maximum atomic E-state index is 13.5. The van der Waals surface area contributed by atoms with Crippen molar-refractivity contribution in [2.45, 2.75) is 25.7 Å². The zero-order valence-corrected chi connectivity index (χ0v) is 20.2. The second-order valence-corrected chi connectivity index (χ2v) is 10.1. The molecule has 0 spiro atoms. The van der Waals surface area contributed by atoms with Gasteiger partial charge in [-0.05, 0) is 55.5 Å². The molecule has 36 heavy (non-hydrogen) atoms. The number of thiophene rings is 1. The van der Waals surface area contributed by atoms with Crippen molar-refractivity contribution >= 4 is 45.0 Å². The molecular formula is C26H23FN4O4S. The number of ketones is 1. The summed E-state index contributed by atoms with van der Waals surface area (Å²) in [4.78, 5) is 34.6. The molecular weight excluding hydrogens is 483 g/mol. The molecule has 4 aromatic rings. The highest BCUT2D eigenvalue weighted by Crippen LogP contribution is 2.35. The van der Waals surface area contributed by atoms with Gasteiger partial charge in [-0.15, -0.1) is 11.3 Å². The molecule has 0 radical (unpaired) electrons. The Morgan fingerprint density at radius 2 is 1.86 bits per heavy atom. The molecule has 4 heterocycles. The monoisotopic (exact) mass is 506 g/mol. The van der Waals surface area contributed by atoms with Crippen molar-refractivity contribution in [2.75, 3.05) is 26.3 Å². The molecule has 1 aliphatic carbocycles. The lowest BCUT2D eigenvalue weighted by Gasteiger charge is -2.26. The first-order valence-electron chi connectivity index (χ1n) is 11.9. The van der Waals surface area contributed by atoms with E-state index in [4.69, 9.17) is 10.1 Å². The number of hydrogen-bond acceptors (Lipinski definition) is 7. The number of aromatic nitrogens is 2. The first kappa shape index (κ1) is 22.8. The summed E-state index contributed by atoms with van der Waals surface area (Å²) < 4.78 is 20.4. The van der Waals surface area contributed by atoms with E-state index in [2.05, 4.69) is 4.98 Å². The van der Waals surface area contributed by atoms with E-state index in [1.54, 1.807) is 9.30 Å². The Labute approximate surface area is 208 Å². The minimum Gasteiger partial charge on any atom is -0.505 e. The van der Waals surface area contributed by atoms with Crippen LogP contribution in [0.25, 0.3) is 21.9 Å². The zero-order valence-electron chi connectivity index (χ0n) is 19.3. The van der Waals surface area contributed by atoms with E-state index in [0.717, 1.165) is 31.2 Å². The minimum absolute atomic E-state index is 0.0307. The van der Waals surface area contributed by atoms with Crippen LogP contribution >= 0.6 is 11.3 Å². The fraction of sp³-hybridized carbons (Fsp3) is 0.308. The van der Waals surface area contributed by atoms with Gasteiger partial charge >= 0.3 is 0 Å².